The molecule has 3 N–H and O–H groups in total. The Morgan fingerprint density at radius 2 is 1.86 bits per heavy atom. The molecule has 1 aromatic heterocycles. The molecule has 0 unspecified atom stereocenters. The Bertz CT molecular complexity index is 829. The monoisotopic (exact) mass is 277 g/mol. The number of aromatic nitrogens is 1. The van der Waals surface area contributed by atoms with Crippen LogP contribution in [0.3, 0.4) is 0 Å². The number of carbonyl (C=O) groups is 1. The molecule has 2 aromatic carbocycles. The topological polar surface area (TPSA) is 71.2 Å². The first kappa shape index (κ1) is 13.1. The van der Waals surface area contributed by atoms with Crippen molar-refractivity contribution in [3.05, 3.63) is 65.4 Å². The fraction of sp³-hybridized carbons (Fsp3) is 0.0588. The van der Waals surface area contributed by atoms with Crippen molar-refractivity contribution in [3.63, 3.8) is 0 Å². The molecule has 1 amide bonds. The molecule has 0 aliphatic heterocycles. The summed E-state index contributed by atoms with van der Waals surface area (Å²) in [7, 11) is 0. The minimum Gasteiger partial charge on any atom is -0.366 e. The fourth-order valence-corrected chi connectivity index (χ4v) is 2.32. The third-order valence-electron chi connectivity index (χ3n) is 3.44. The van der Waals surface area contributed by atoms with E-state index in [4.69, 9.17) is 5.73 Å². The average Bonchev–Trinajstić information content (AvgIpc) is 2.81. The van der Waals surface area contributed by atoms with E-state index in [0.717, 1.165) is 27.8 Å². The molecule has 0 aliphatic rings. The van der Waals surface area contributed by atoms with Crippen molar-refractivity contribution in [1.29, 1.82) is 0 Å². The minimum atomic E-state index is -0.432. The second-order valence-electron chi connectivity index (χ2n) is 4.88. The summed E-state index contributed by atoms with van der Waals surface area (Å²) in [5.41, 5.74) is 9.73. The van der Waals surface area contributed by atoms with E-state index in [-0.39, 0.29) is 0 Å². The summed E-state index contributed by atoms with van der Waals surface area (Å²) in [5.74, 6) is -0.432. The number of aromatic amines is 1. The normalized spacial score (nSPS) is 11.3. The second kappa shape index (κ2) is 5.25. The SMILES string of the molecule is Cc1[nH]c2ccccc2c1C=Nc1ccc(C(N)=O)cc1. The summed E-state index contributed by atoms with van der Waals surface area (Å²) in [6.07, 6.45) is 1.84. The molecule has 21 heavy (non-hydrogen) atoms. The number of hydrogen-bond donors (Lipinski definition) is 2. The zero-order chi connectivity index (χ0) is 14.8. The lowest BCUT2D eigenvalue weighted by atomic mass is 10.1. The summed E-state index contributed by atoms with van der Waals surface area (Å²) in [6.45, 7) is 2.03. The molecule has 104 valence electrons. The lowest BCUT2D eigenvalue weighted by molar-refractivity contribution is 0.100. The molecule has 0 saturated carbocycles. The zero-order valence-electron chi connectivity index (χ0n) is 11.6. The van der Waals surface area contributed by atoms with Gasteiger partial charge in [0, 0.05) is 33.9 Å². The molecule has 4 heteroatoms. The third kappa shape index (κ3) is 2.56. The molecule has 3 rings (SSSR count). The number of primary amides is 1. The van der Waals surface area contributed by atoms with Crippen molar-refractivity contribution in [2.75, 3.05) is 0 Å². The van der Waals surface area contributed by atoms with Crippen LogP contribution >= 0.6 is 0 Å². The Morgan fingerprint density at radius 3 is 2.57 bits per heavy atom. The van der Waals surface area contributed by atoms with Crippen LogP contribution in [0.15, 0.2) is 53.5 Å². The average molecular weight is 277 g/mol. The van der Waals surface area contributed by atoms with E-state index in [0.29, 0.717) is 5.56 Å². The zero-order valence-corrected chi connectivity index (χ0v) is 11.6. The number of amides is 1. The van der Waals surface area contributed by atoms with Crippen LogP contribution in [0, 0.1) is 6.92 Å². The molecule has 0 radical (unpaired) electrons. The summed E-state index contributed by atoms with van der Waals surface area (Å²) in [4.78, 5) is 18.8. The van der Waals surface area contributed by atoms with E-state index in [1.807, 2.05) is 31.3 Å². The first-order valence-electron chi connectivity index (χ1n) is 6.66. The summed E-state index contributed by atoms with van der Waals surface area (Å²) in [5, 5.41) is 1.15. The van der Waals surface area contributed by atoms with Crippen molar-refractivity contribution in [1.82, 2.24) is 4.98 Å². The largest absolute Gasteiger partial charge is 0.366 e. The number of aliphatic imine (C=N–C) groups is 1. The van der Waals surface area contributed by atoms with E-state index in [9.17, 15) is 4.79 Å². The molecule has 0 atom stereocenters. The van der Waals surface area contributed by atoms with Crippen LogP contribution in [-0.4, -0.2) is 17.1 Å². The van der Waals surface area contributed by atoms with Crippen molar-refractivity contribution in [2.24, 2.45) is 10.7 Å². The molecule has 0 spiro atoms. The van der Waals surface area contributed by atoms with Gasteiger partial charge in [-0.1, -0.05) is 18.2 Å². The van der Waals surface area contributed by atoms with Gasteiger partial charge in [-0.2, -0.15) is 0 Å². The van der Waals surface area contributed by atoms with Crippen molar-refractivity contribution >= 4 is 28.7 Å². The van der Waals surface area contributed by atoms with Gasteiger partial charge in [0.25, 0.3) is 0 Å². The minimum absolute atomic E-state index is 0.432. The second-order valence-corrected chi connectivity index (χ2v) is 4.88. The lowest BCUT2D eigenvalue weighted by Crippen LogP contribution is -2.10. The van der Waals surface area contributed by atoms with Crippen LogP contribution in [0.1, 0.15) is 21.6 Å². The predicted molar refractivity (Wildman–Crippen MR) is 85.2 cm³/mol. The van der Waals surface area contributed by atoms with E-state index in [1.54, 1.807) is 24.3 Å². The predicted octanol–water partition coefficient (Wildman–Crippen LogP) is 3.33. The van der Waals surface area contributed by atoms with Gasteiger partial charge in [0.15, 0.2) is 0 Å². The number of H-pyrrole nitrogens is 1. The Hall–Kier alpha value is -2.88. The van der Waals surface area contributed by atoms with Gasteiger partial charge in [-0.3, -0.25) is 9.79 Å². The molecule has 3 aromatic rings. The van der Waals surface area contributed by atoms with Crippen molar-refractivity contribution < 1.29 is 4.79 Å². The quantitative estimate of drug-likeness (QED) is 0.708. The number of nitrogens with zero attached hydrogens (tertiary/aromatic N) is 1. The number of aryl methyl sites for hydroxylation is 1. The van der Waals surface area contributed by atoms with Crippen LogP contribution in [0.5, 0.6) is 0 Å². The maximum absolute atomic E-state index is 11.0. The van der Waals surface area contributed by atoms with Gasteiger partial charge in [-0.25, -0.2) is 0 Å². The van der Waals surface area contributed by atoms with Crippen LogP contribution in [0.25, 0.3) is 10.9 Å². The number of benzene rings is 2. The molecule has 0 bridgehead atoms. The Labute approximate surface area is 122 Å². The molecule has 0 fully saturated rings. The number of para-hydroxylation sites is 1. The van der Waals surface area contributed by atoms with Crippen LogP contribution in [0.4, 0.5) is 5.69 Å². The van der Waals surface area contributed by atoms with Crippen molar-refractivity contribution in [2.45, 2.75) is 6.92 Å². The molecule has 4 nitrogen and oxygen atoms in total. The van der Waals surface area contributed by atoms with Crippen molar-refractivity contribution in [3.8, 4) is 0 Å². The molecule has 0 saturated heterocycles. The molecule has 0 aliphatic carbocycles. The number of nitrogens with one attached hydrogen (secondary N) is 1. The van der Waals surface area contributed by atoms with Gasteiger partial charge >= 0.3 is 0 Å². The molecule has 1 heterocycles. The van der Waals surface area contributed by atoms with E-state index < -0.39 is 5.91 Å². The van der Waals surface area contributed by atoms with E-state index >= 15 is 0 Å². The van der Waals surface area contributed by atoms with Gasteiger partial charge in [0.05, 0.1) is 5.69 Å². The number of nitrogens with two attached hydrogens (primary N) is 1. The highest BCUT2D eigenvalue weighted by atomic mass is 16.1. The smallest absolute Gasteiger partial charge is 0.248 e. The third-order valence-corrected chi connectivity index (χ3v) is 3.44. The summed E-state index contributed by atoms with van der Waals surface area (Å²) >= 11 is 0. The Balaban J connectivity index is 1.94. The fourth-order valence-electron chi connectivity index (χ4n) is 2.32. The van der Waals surface area contributed by atoms with E-state index in [1.165, 1.54) is 0 Å². The highest BCUT2D eigenvalue weighted by Gasteiger charge is 2.05. The molecular formula is C17H15N3O. The lowest BCUT2D eigenvalue weighted by Gasteiger charge is -1.97. The summed E-state index contributed by atoms with van der Waals surface area (Å²) < 4.78 is 0. The van der Waals surface area contributed by atoms with Crippen LogP contribution < -0.4 is 5.73 Å². The standard InChI is InChI=1S/C17H15N3O/c1-11-15(14-4-2-3-5-16(14)20-11)10-19-13-8-6-12(7-9-13)17(18)21/h2-10,20H,1H3,(H2,18,21). The molecular weight excluding hydrogens is 262 g/mol. The Kier molecular flexibility index (Phi) is 3.28. The Morgan fingerprint density at radius 1 is 1.14 bits per heavy atom. The van der Waals surface area contributed by atoms with Gasteiger partial charge in [0.1, 0.15) is 0 Å². The maximum Gasteiger partial charge on any atom is 0.248 e. The van der Waals surface area contributed by atoms with Gasteiger partial charge in [-0.15, -0.1) is 0 Å². The first-order chi connectivity index (χ1) is 10.1. The number of rotatable bonds is 3. The van der Waals surface area contributed by atoms with Crippen LogP contribution in [0.2, 0.25) is 0 Å². The van der Waals surface area contributed by atoms with E-state index in [2.05, 4.69) is 16.0 Å². The number of fused-ring (bicyclic) bond motifs is 1. The highest BCUT2D eigenvalue weighted by Crippen LogP contribution is 2.21. The number of carbonyl (C=O) groups excluding carboxylic acids is 1. The van der Waals surface area contributed by atoms with Gasteiger partial charge < -0.3 is 10.7 Å². The highest BCUT2D eigenvalue weighted by molar-refractivity contribution is 6.01. The van der Waals surface area contributed by atoms with Gasteiger partial charge in [0.2, 0.25) is 5.91 Å². The van der Waals surface area contributed by atoms with Crippen LogP contribution in [-0.2, 0) is 0 Å². The first-order valence-corrected chi connectivity index (χ1v) is 6.66. The number of hydrogen-bond acceptors (Lipinski definition) is 2. The summed E-state index contributed by atoms with van der Waals surface area (Å²) in [6, 6.07) is 15.0. The van der Waals surface area contributed by atoms with Gasteiger partial charge in [-0.05, 0) is 37.3 Å². The maximum atomic E-state index is 11.0.